The van der Waals surface area contributed by atoms with E-state index in [4.69, 9.17) is 0 Å². The van der Waals surface area contributed by atoms with Crippen LogP contribution in [-0.4, -0.2) is 18.9 Å². The van der Waals surface area contributed by atoms with Crippen LogP contribution >= 0.6 is 0 Å². The molecule has 0 bridgehead atoms. The van der Waals surface area contributed by atoms with E-state index in [-0.39, 0.29) is 0 Å². The van der Waals surface area contributed by atoms with E-state index in [2.05, 4.69) is 47.6 Å². The summed E-state index contributed by atoms with van der Waals surface area (Å²) in [5.74, 6) is 1.69. The minimum absolute atomic E-state index is 0.514. The summed E-state index contributed by atoms with van der Waals surface area (Å²) in [6.45, 7) is 4.17. The van der Waals surface area contributed by atoms with Crippen LogP contribution in [0, 0.1) is 5.92 Å². The average molecular weight is 188 g/mol. The summed E-state index contributed by atoms with van der Waals surface area (Å²) >= 11 is 0. The SMILES string of the molecule is C[C@@H](Cc1ccccc1)C1=NCCN1. The molecule has 0 spiro atoms. The van der Waals surface area contributed by atoms with Crippen molar-refractivity contribution in [2.75, 3.05) is 13.1 Å². The summed E-state index contributed by atoms with van der Waals surface area (Å²) in [6, 6.07) is 10.6. The van der Waals surface area contributed by atoms with Gasteiger partial charge in [-0.1, -0.05) is 37.3 Å². The predicted molar refractivity (Wildman–Crippen MR) is 59.6 cm³/mol. The molecule has 0 saturated heterocycles. The van der Waals surface area contributed by atoms with Gasteiger partial charge in [-0.25, -0.2) is 0 Å². The van der Waals surface area contributed by atoms with E-state index in [1.165, 1.54) is 11.4 Å². The fourth-order valence-corrected chi connectivity index (χ4v) is 1.81. The van der Waals surface area contributed by atoms with Crippen molar-refractivity contribution in [1.82, 2.24) is 5.32 Å². The molecule has 0 aromatic heterocycles. The zero-order chi connectivity index (χ0) is 9.80. The Balaban J connectivity index is 1.97. The maximum absolute atomic E-state index is 4.44. The minimum atomic E-state index is 0.514. The summed E-state index contributed by atoms with van der Waals surface area (Å²) in [5, 5.41) is 3.33. The van der Waals surface area contributed by atoms with E-state index in [0.29, 0.717) is 5.92 Å². The van der Waals surface area contributed by atoms with Gasteiger partial charge in [0.05, 0.1) is 12.4 Å². The van der Waals surface area contributed by atoms with Gasteiger partial charge in [0.1, 0.15) is 0 Å². The van der Waals surface area contributed by atoms with Crippen molar-refractivity contribution >= 4 is 5.84 Å². The summed E-state index contributed by atoms with van der Waals surface area (Å²) in [5.41, 5.74) is 1.39. The zero-order valence-electron chi connectivity index (χ0n) is 8.53. The lowest BCUT2D eigenvalue weighted by Crippen LogP contribution is -2.26. The third-order valence-electron chi connectivity index (χ3n) is 2.55. The molecule has 74 valence electrons. The van der Waals surface area contributed by atoms with Crippen LogP contribution in [0.4, 0.5) is 0 Å². The lowest BCUT2D eigenvalue weighted by atomic mass is 10.0. The average Bonchev–Trinajstić information content (AvgIpc) is 2.72. The molecule has 1 aromatic rings. The maximum Gasteiger partial charge on any atom is 0.0996 e. The number of amidine groups is 1. The van der Waals surface area contributed by atoms with Gasteiger partial charge in [0.25, 0.3) is 0 Å². The van der Waals surface area contributed by atoms with Crippen LogP contribution in [0.2, 0.25) is 0 Å². The normalized spacial score (nSPS) is 17.4. The minimum Gasteiger partial charge on any atom is -0.372 e. The van der Waals surface area contributed by atoms with Gasteiger partial charge in [0, 0.05) is 12.5 Å². The molecule has 2 nitrogen and oxygen atoms in total. The Morgan fingerprint density at radius 3 is 2.79 bits per heavy atom. The molecule has 14 heavy (non-hydrogen) atoms. The van der Waals surface area contributed by atoms with E-state index < -0.39 is 0 Å². The Labute approximate surface area is 85.1 Å². The van der Waals surface area contributed by atoms with Crippen molar-refractivity contribution in [3.63, 3.8) is 0 Å². The quantitative estimate of drug-likeness (QED) is 0.769. The number of benzene rings is 1. The number of hydrogen-bond donors (Lipinski definition) is 1. The van der Waals surface area contributed by atoms with Gasteiger partial charge in [-0.05, 0) is 12.0 Å². The molecule has 0 unspecified atom stereocenters. The smallest absolute Gasteiger partial charge is 0.0996 e. The largest absolute Gasteiger partial charge is 0.372 e. The van der Waals surface area contributed by atoms with Crippen molar-refractivity contribution in [2.24, 2.45) is 10.9 Å². The van der Waals surface area contributed by atoms with Crippen LogP contribution in [0.3, 0.4) is 0 Å². The summed E-state index contributed by atoms with van der Waals surface area (Å²) < 4.78 is 0. The van der Waals surface area contributed by atoms with Gasteiger partial charge in [-0.15, -0.1) is 0 Å². The highest BCUT2D eigenvalue weighted by atomic mass is 15.1. The summed E-state index contributed by atoms with van der Waals surface area (Å²) in [4.78, 5) is 4.44. The monoisotopic (exact) mass is 188 g/mol. The molecule has 1 aromatic carbocycles. The molecule has 1 aliphatic rings. The maximum atomic E-state index is 4.44. The molecule has 0 saturated carbocycles. The second-order valence-corrected chi connectivity index (χ2v) is 3.78. The van der Waals surface area contributed by atoms with Crippen LogP contribution in [0.5, 0.6) is 0 Å². The van der Waals surface area contributed by atoms with Gasteiger partial charge in [0.15, 0.2) is 0 Å². The first-order chi connectivity index (χ1) is 6.86. The van der Waals surface area contributed by atoms with Crippen LogP contribution in [-0.2, 0) is 6.42 Å². The van der Waals surface area contributed by atoms with E-state index in [1.807, 2.05) is 0 Å². The highest BCUT2D eigenvalue weighted by Crippen LogP contribution is 2.10. The lowest BCUT2D eigenvalue weighted by Gasteiger charge is -2.11. The van der Waals surface area contributed by atoms with Crippen molar-refractivity contribution in [1.29, 1.82) is 0 Å². The predicted octanol–water partition coefficient (Wildman–Crippen LogP) is 1.87. The molecular weight excluding hydrogens is 172 g/mol. The van der Waals surface area contributed by atoms with Gasteiger partial charge in [0.2, 0.25) is 0 Å². The van der Waals surface area contributed by atoms with Crippen LogP contribution in [0.25, 0.3) is 0 Å². The fourth-order valence-electron chi connectivity index (χ4n) is 1.81. The van der Waals surface area contributed by atoms with E-state index in [1.54, 1.807) is 0 Å². The first-order valence-corrected chi connectivity index (χ1v) is 5.18. The van der Waals surface area contributed by atoms with Crippen molar-refractivity contribution in [3.05, 3.63) is 35.9 Å². The van der Waals surface area contributed by atoms with Gasteiger partial charge >= 0.3 is 0 Å². The number of hydrogen-bond acceptors (Lipinski definition) is 2. The van der Waals surface area contributed by atoms with Crippen LogP contribution in [0.1, 0.15) is 12.5 Å². The zero-order valence-corrected chi connectivity index (χ0v) is 8.53. The van der Waals surface area contributed by atoms with Gasteiger partial charge in [-0.3, -0.25) is 4.99 Å². The highest BCUT2D eigenvalue weighted by Gasteiger charge is 2.13. The van der Waals surface area contributed by atoms with Gasteiger partial charge < -0.3 is 5.32 Å². The molecule has 1 atom stereocenters. The third kappa shape index (κ3) is 2.13. The van der Waals surface area contributed by atoms with Crippen molar-refractivity contribution < 1.29 is 0 Å². The topological polar surface area (TPSA) is 24.4 Å². The summed E-state index contributed by atoms with van der Waals surface area (Å²) in [7, 11) is 0. The van der Waals surface area contributed by atoms with Crippen LogP contribution < -0.4 is 5.32 Å². The van der Waals surface area contributed by atoms with Crippen molar-refractivity contribution in [3.8, 4) is 0 Å². The first-order valence-electron chi connectivity index (χ1n) is 5.18. The molecular formula is C12H16N2. The molecule has 1 heterocycles. The molecule has 2 rings (SSSR count). The molecule has 1 N–H and O–H groups in total. The fraction of sp³-hybridized carbons (Fsp3) is 0.417. The number of rotatable bonds is 3. The third-order valence-corrected chi connectivity index (χ3v) is 2.55. The summed E-state index contributed by atoms with van der Waals surface area (Å²) in [6.07, 6.45) is 1.08. The molecule has 1 aliphatic heterocycles. The number of aliphatic imine (C=N–C) groups is 1. The Kier molecular flexibility index (Phi) is 2.82. The Hall–Kier alpha value is -1.31. The standard InChI is InChI=1S/C12H16N2/c1-10(12-13-7-8-14-12)9-11-5-3-2-4-6-11/h2-6,10H,7-9H2,1H3,(H,13,14)/t10-/m0/s1. The molecule has 0 amide bonds. The Morgan fingerprint density at radius 1 is 1.36 bits per heavy atom. The van der Waals surface area contributed by atoms with E-state index >= 15 is 0 Å². The molecule has 0 radical (unpaired) electrons. The van der Waals surface area contributed by atoms with Gasteiger partial charge in [-0.2, -0.15) is 0 Å². The molecule has 2 heteroatoms. The van der Waals surface area contributed by atoms with E-state index in [9.17, 15) is 0 Å². The second-order valence-electron chi connectivity index (χ2n) is 3.78. The first kappa shape index (κ1) is 9.25. The Bertz CT molecular complexity index is 316. The second kappa shape index (κ2) is 4.27. The molecule has 0 aliphatic carbocycles. The molecule has 0 fully saturated rings. The lowest BCUT2D eigenvalue weighted by molar-refractivity contribution is 0.743. The van der Waals surface area contributed by atoms with Crippen LogP contribution in [0.15, 0.2) is 35.3 Å². The van der Waals surface area contributed by atoms with Crippen molar-refractivity contribution in [2.45, 2.75) is 13.3 Å². The number of nitrogens with one attached hydrogen (secondary N) is 1. The number of nitrogens with zero attached hydrogens (tertiary/aromatic N) is 1. The Morgan fingerprint density at radius 2 is 2.14 bits per heavy atom. The highest BCUT2D eigenvalue weighted by molar-refractivity contribution is 5.85. The van der Waals surface area contributed by atoms with E-state index in [0.717, 1.165) is 19.5 Å².